The molecule has 25 heavy (non-hydrogen) atoms. The summed E-state index contributed by atoms with van der Waals surface area (Å²) in [6.07, 6.45) is 1.81. The molecule has 0 amide bonds. The Morgan fingerprint density at radius 3 is 2.64 bits per heavy atom. The first-order chi connectivity index (χ1) is 12.3. The van der Waals surface area contributed by atoms with Crippen LogP contribution >= 0.6 is 23.6 Å². The van der Waals surface area contributed by atoms with Gasteiger partial charge in [-0.05, 0) is 24.4 Å². The fourth-order valence-electron chi connectivity index (χ4n) is 2.71. The highest BCUT2D eigenvalue weighted by molar-refractivity contribution is 7.80. The Kier molecular flexibility index (Phi) is 7.43. The highest BCUT2D eigenvalue weighted by Crippen LogP contribution is 2.25. The Balaban J connectivity index is 1.34. The van der Waals surface area contributed by atoms with E-state index in [2.05, 4.69) is 37.8 Å². The molecule has 0 aliphatic carbocycles. The number of hydrogen-bond donors (Lipinski definition) is 2. The molecule has 3 rings (SSSR count). The van der Waals surface area contributed by atoms with Gasteiger partial charge in [0, 0.05) is 44.1 Å². The zero-order valence-electron chi connectivity index (χ0n) is 14.3. The predicted octanol–water partition coefficient (Wildman–Crippen LogP) is 0.715. The highest BCUT2D eigenvalue weighted by Gasteiger charge is 2.12. The summed E-state index contributed by atoms with van der Waals surface area (Å²) in [4.78, 5) is 5.81. The van der Waals surface area contributed by atoms with Gasteiger partial charge < -0.3 is 19.7 Å². The fourth-order valence-corrected chi connectivity index (χ4v) is 3.80. The monoisotopic (exact) mass is 383 g/mol. The number of thiophene rings is 1. The number of morpholine rings is 2. The van der Waals surface area contributed by atoms with Gasteiger partial charge in [-0.15, -0.1) is 11.3 Å². The van der Waals surface area contributed by atoms with Gasteiger partial charge in [0.05, 0.1) is 37.6 Å². The number of anilines is 1. The minimum absolute atomic E-state index is 0.550. The first-order valence-electron chi connectivity index (χ1n) is 8.61. The Morgan fingerprint density at radius 2 is 1.88 bits per heavy atom. The number of hydrazone groups is 1. The van der Waals surface area contributed by atoms with E-state index in [1.807, 2.05) is 6.21 Å². The maximum Gasteiger partial charge on any atom is 0.187 e. The first kappa shape index (κ1) is 18.5. The average Bonchev–Trinajstić information content (AvgIpc) is 3.12. The summed E-state index contributed by atoms with van der Waals surface area (Å²) in [6.45, 7) is 8.89. The van der Waals surface area contributed by atoms with Gasteiger partial charge >= 0.3 is 0 Å². The zero-order valence-corrected chi connectivity index (χ0v) is 15.9. The number of nitrogens with one attached hydrogen (secondary N) is 2. The van der Waals surface area contributed by atoms with Gasteiger partial charge in [0.2, 0.25) is 0 Å². The van der Waals surface area contributed by atoms with E-state index in [9.17, 15) is 0 Å². The number of hydrogen-bond acceptors (Lipinski definition) is 7. The molecule has 138 valence electrons. The number of rotatable bonds is 6. The van der Waals surface area contributed by atoms with Crippen LogP contribution in [0.1, 0.15) is 4.88 Å². The second kappa shape index (κ2) is 10.0. The molecule has 0 spiro atoms. The molecule has 0 unspecified atom stereocenters. The van der Waals surface area contributed by atoms with E-state index in [0.29, 0.717) is 5.11 Å². The van der Waals surface area contributed by atoms with Crippen LogP contribution in [0, 0.1) is 0 Å². The lowest BCUT2D eigenvalue weighted by Crippen LogP contribution is -2.42. The fraction of sp³-hybridized carbons (Fsp3) is 0.625. The van der Waals surface area contributed by atoms with E-state index in [0.717, 1.165) is 70.6 Å². The third-order valence-electron chi connectivity index (χ3n) is 4.11. The van der Waals surface area contributed by atoms with Crippen LogP contribution in [0.25, 0.3) is 0 Å². The number of ether oxygens (including phenoxy) is 2. The second-order valence-corrected chi connectivity index (χ2v) is 7.36. The summed E-state index contributed by atoms with van der Waals surface area (Å²) in [5.74, 6) is 0. The Labute approximate surface area is 158 Å². The molecular formula is C16H25N5O2S2. The van der Waals surface area contributed by atoms with E-state index < -0.39 is 0 Å². The van der Waals surface area contributed by atoms with Gasteiger partial charge in [0.25, 0.3) is 0 Å². The molecule has 0 atom stereocenters. The Morgan fingerprint density at radius 1 is 1.16 bits per heavy atom. The minimum atomic E-state index is 0.550. The molecule has 0 aromatic carbocycles. The van der Waals surface area contributed by atoms with Crippen LogP contribution in [-0.2, 0) is 9.47 Å². The molecule has 2 fully saturated rings. The van der Waals surface area contributed by atoms with Crippen LogP contribution in [0.2, 0.25) is 0 Å². The van der Waals surface area contributed by atoms with Gasteiger partial charge in [0.15, 0.2) is 5.11 Å². The second-order valence-electron chi connectivity index (χ2n) is 5.86. The molecule has 3 heterocycles. The smallest absolute Gasteiger partial charge is 0.187 e. The molecule has 0 bridgehead atoms. The van der Waals surface area contributed by atoms with E-state index in [1.165, 1.54) is 5.00 Å². The van der Waals surface area contributed by atoms with Crippen molar-refractivity contribution in [1.82, 2.24) is 15.6 Å². The normalized spacial score (nSPS) is 19.3. The van der Waals surface area contributed by atoms with Crippen LogP contribution in [0.15, 0.2) is 17.2 Å². The van der Waals surface area contributed by atoms with E-state index in [4.69, 9.17) is 21.7 Å². The summed E-state index contributed by atoms with van der Waals surface area (Å²) < 4.78 is 10.7. The predicted molar refractivity (Wildman–Crippen MR) is 106 cm³/mol. The average molecular weight is 384 g/mol. The molecule has 9 heteroatoms. The van der Waals surface area contributed by atoms with Crippen LogP contribution in [0.5, 0.6) is 0 Å². The summed E-state index contributed by atoms with van der Waals surface area (Å²) in [7, 11) is 0. The molecule has 2 saturated heterocycles. The maximum atomic E-state index is 5.39. The van der Waals surface area contributed by atoms with Crippen molar-refractivity contribution in [2.45, 2.75) is 0 Å². The van der Waals surface area contributed by atoms with Crippen LogP contribution < -0.4 is 15.6 Å². The molecule has 1 aromatic heterocycles. The van der Waals surface area contributed by atoms with Gasteiger partial charge in [-0.1, -0.05) is 0 Å². The quantitative estimate of drug-likeness (QED) is 0.426. The van der Waals surface area contributed by atoms with E-state index in [1.54, 1.807) is 11.3 Å². The van der Waals surface area contributed by atoms with Crippen molar-refractivity contribution in [1.29, 1.82) is 0 Å². The highest BCUT2D eigenvalue weighted by atomic mass is 32.1. The van der Waals surface area contributed by atoms with Crippen molar-refractivity contribution in [3.05, 3.63) is 17.0 Å². The lowest BCUT2D eigenvalue weighted by molar-refractivity contribution is 0.0389. The SMILES string of the molecule is S=C(NCCN1CCOCC1)N/N=C/c1ccc(N2CCOCC2)s1. The number of nitrogens with zero attached hydrogens (tertiary/aromatic N) is 3. The van der Waals surface area contributed by atoms with Crippen molar-refractivity contribution >= 4 is 39.9 Å². The largest absolute Gasteiger partial charge is 0.379 e. The third kappa shape index (κ3) is 6.19. The molecule has 2 aliphatic heterocycles. The van der Waals surface area contributed by atoms with Crippen molar-refractivity contribution in [3.63, 3.8) is 0 Å². The van der Waals surface area contributed by atoms with Crippen molar-refractivity contribution in [2.75, 3.05) is 70.6 Å². The molecule has 2 N–H and O–H groups in total. The molecular weight excluding hydrogens is 358 g/mol. The maximum absolute atomic E-state index is 5.39. The minimum Gasteiger partial charge on any atom is -0.379 e. The molecule has 0 radical (unpaired) electrons. The van der Waals surface area contributed by atoms with Crippen LogP contribution in [0.4, 0.5) is 5.00 Å². The summed E-state index contributed by atoms with van der Waals surface area (Å²) >= 11 is 6.97. The zero-order chi connectivity index (χ0) is 17.3. The van der Waals surface area contributed by atoms with Gasteiger partial charge in [-0.2, -0.15) is 5.10 Å². The van der Waals surface area contributed by atoms with E-state index >= 15 is 0 Å². The Bertz CT molecular complexity index is 569. The molecule has 7 nitrogen and oxygen atoms in total. The molecule has 2 aliphatic rings. The summed E-state index contributed by atoms with van der Waals surface area (Å²) in [5.41, 5.74) is 2.88. The third-order valence-corrected chi connectivity index (χ3v) is 5.43. The summed E-state index contributed by atoms with van der Waals surface area (Å²) in [6, 6.07) is 4.21. The molecule has 0 saturated carbocycles. The molecule has 1 aromatic rings. The lowest BCUT2D eigenvalue weighted by atomic mass is 10.4. The lowest BCUT2D eigenvalue weighted by Gasteiger charge is -2.27. The van der Waals surface area contributed by atoms with Crippen molar-refractivity contribution in [2.24, 2.45) is 5.10 Å². The Hall–Kier alpha value is -1.26. The van der Waals surface area contributed by atoms with Crippen molar-refractivity contribution < 1.29 is 9.47 Å². The van der Waals surface area contributed by atoms with Gasteiger partial charge in [0.1, 0.15) is 0 Å². The number of thiocarbonyl (C=S) groups is 1. The standard InChI is InChI=1S/C16H25N5O2S2/c24-16(17-3-4-20-5-9-22-10-6-20)19-18-13-14-1-2-15(25-14)21-7-11-23-12-8-21/h1-2,13H,3-12H2,(H2,17,19,24)/b18-13+. The van der Waals surface area contributed by atoms with Crippen LogP contribution in [-0.4, -0.2) is 81.9 Å². The van der Waals surface area contributed by atoms with Gasteiger partial charge in [-0.3, -0.25) is 10.3 Å². The topological polar surface area (TPSA) is 61.4 Å². The van der Waals surface area contributed by atoms with Gasteiger partial charge in [-0.25, -0.2) is 0 Å². The first-order valence-corrected chi connectivity index (χ1v) is 9.83. The summed E-state index contributed by atoms with van der Waals surface area (Å²) in [5, 5.41) is 9.21. The van der Waals surface area contributed by atoms with Crippen molar-refractivity contribution in [3.8, 4) is 0 Å². The van der Waals surface area contributed by atoms with Crippen LogP contribution in [0.3, 0.4) is 0 Å². The van der Waals surface area contributed by atoms with E-state index in [-0.39, 0.29) is 0 Å².